The second-order valence-corrected chi connectivity index (χ2v) is 7.07. The van der Waals surface area contributed by atoms with Crippen LogP contribution in [0.15, 0.2) is 54.0 Å². The summed E-state index contributed by atoms with van der Waals surface area (Å²) in [6, 6.07) is 12.7. The van der Waals surface area contributed by atoms with E-state index in [9.17, 15) is 9.59 Å². The minimum Gasteiger partial charge on any atom is -0.481 e. The number of aromatic nitrogens is 1. The lowest BCUT2D eigenvalue weighted by molar-refractivity contribution is 0.103. The fourth-order valence-corrected chi connectivity index (χ4v) is 3.26. The fraction of sp³-hybridized carbons (Fsp3) is 0.150. The molecule has 0 atom stereocenters. The van der Waals surface area contributed by atoms with Gasteiger partial charge in [0.15, 0.2) is 6.29 Å². The number of nitrogens with one attached hydrogen (secondary N) is 3. The number of anilines is 3. The molecule has 152 valence electrons. The van der Waals surface area contributed by atoms with Crippen molar-refractivity contribution in [1.82, 2.24) is 4.98 Å². The lowest BCUT2D eigenvalue weighted by Crippen LogP contribution is -2.10. The number of ether oxygens (including phenoxy) is 1. The van der Waals surface area contributed by atoms with Crippen molar-refractivity contribution in [3.63, 3.8) is 0 Å². The quantitative estimate of drug-likeness (QED) is 0.372. The van der Waals surface area contributed by atoms with Crippen LogP contribution in [-0.2, 0) is 0 Å². The topological polar surface area (TPSA) is 92.3 Å². The van der Waals surface area contributed by atoms with Crippen molar-refractivity contribution in [2.24, 2.45) is 0 Å². The predicted molar refractivity (Wildman–Crippen MR) is 122 cm³/mol. The number of amides is 1. The summed E-state index contributed by atoms with van der Waals surface area (Å²) in [6.45, 7) is 0. The van der Waals surface area contributed by atoms with Crippen molar-refractivity contribution in [1.29, 1.82) is 0 Å². The van der Waals surface area contributed by atoms with Gasteiger partial charge >= 0.3 is 0 Å². The van der Waals surface area contributed by atoms with Crippen LogP contribution in [-0.4, -0.2) is 37.6 Å². The molecule has 1 aromatic carbocycles. The molecule has 0 saturated carbocycles. The largest absolute Gasteiger partial charge is 0.481 e. The van der Waals surface area contributed by atoms with Crippen molar-refractivity contribution in [2.45, 2.75) is 0 Å². The number of carbonyl (C=O) groups is 2. The first kappa shape index (κ1) is 22.3. The Bertz CT molecular complexity index is 906. The van der Waals surface area contributed by atoms with Crippen LogP contribution >= 0.6 is 23.3 Å². The highest BCUT2D eigenvalue weighted by atomic mass is 32.2. The van der Waals surface area contributed by atoms with Crippen molar-refractivity contribution in [3.8, 4) is 5.88 Å². The first-order valence-corrected chi connectivity index (χ1v) is 10.6. The number of hydrogen-bond acceptors (Lipinski definition) is 8. The van der Waals surface area contributed by atoms with Crippen molar-refractivity contribution in [2.75, 3.05) is 35.8 Å². The second kappa shape index (κ2) is 11.7. The first-order valence-electron chi connectivity index (χ1n) is 8.51. The number of benzene rings is 1. The monoisotopic (exact) mass is 430 g/mol. The third-order valence-electron chi connectivity index (χ3n) is 3.55. The third-order valence-corrected chi connectivity index (χ3v) is 4.94. The van der Waals surface area contributed by atoms with Gasteiger partial charge in [0.2, 0.25) is 5.88 Å². The molecule has 3 rings (SSSR count). The van der Waals surface area contributed by atoms with Gasteiger partial charge in [-0.25, -0.2) is 4.98 Å². The Kier molecular flexibility index (Phi) is 9.00. The summed E-state index contributed by atoms with van der Waals surface area (Å²) in [6.07, 6.45) is 4.38. The van der Waals surface area contributed by atoms with E-state index in [1.807, 2.05) is 49.7 Å². The number of pyridine rings is 1. The highest BCUT2D eigenvalue weighted by Crippen LogP contribution is 2.20. The van der Waals surface area contributed by atoms with E-state index in [-0.39, 0.29) is 5.91 Å². The van der Waals surface area contributed by atoms with Gasteiger partial charge in [0.1, 0.15) is 0 Å². The molecule has 9 heteroatoms. The molecular weight excluding hydrogens is 408 g/mol. The summed E-state index contributed by atoms with van der Waals surface area (Å²) < 4.78 is 7.97. The van der Waals surface area contributed by atoms with E-state index < -0.39 is 0 Å². The molecule has 0 fully saturated rings. The van der Waals surface area contributed by atoms with Crippen LogP contribution in [0.2, 0.25) is 0 Å². The number of rotatable bonds is 7. The van der Waals surface area contributed by atoms with E-state index in [1.165, 1.54) is 23.3 Å². The van der Waals surface area contributed by atoms with E-state index in [1.54, 1.807) is 24.8 Å². The molecule has 2 heterocycles. The third kappa shape index (κ3) is 7.13. The number of aldehydes is 1. The number of nitrogens with zero attached hydrogens (tertiary/aromatic N) is 1. The number of methoxy groups -OCH3 is 1. The standard InChI is InChI=1S/C13H12N2O2S2.C7H10N2O/c1-18-15-11-4-2-3-10(6-11)14-13(17)12-5-9(7-16)8-19-12;1-8-6-3-4-7(10-2)9-5-6/h2-8,15H,1H3,(H,14,17);3-5,8H,1-2H3. The molecule has 7 nitrogen and oxygen atoms in total. The molecule has 29 heavy (non-hydrogen) atoms. The van der Waals surface area contributed by atoms with Crippen LogP contribution in [0.25, 0.3) is 0 Å². The SMILES string of the molecule is CNc1ccc(OC)nc1.CSNc1cccc(NC(=O)c2cc(C=O)cs2)c1. The summed E-state index contributed by atoms with van der Waals surface area (Å²) in [5.74, 6) is 0.429. The molecule has 0 aliphatic rings. The summed E-state index contributed by atoms with van der Waals surface area (Å²) in [4.78, 5) is 27.1. The van der Waals surface area contributed by atoms with Crippen LogP contribution in [0.5, 0.6) is 5.88 Å². The molecule has 0 aliphatic heterocycles. The van der Waals surface area contributed by atoms with Gasteiger partial charge in [0, 0.05) is 41.7 Å². The molecule has 0 aliphatic carbocycles. The average Bonchev–Trinajstić information content (AvgIpc) is 3.24. The van der Waals surface area contributed by atoms with Crippen LogP contribution in [0.4, 0.5) is 17.1 Å². The number of carbonyl (C=O) groups excluding carboxylic acids is 2. The van der Waals surface area contributed by atoms with Gasteiger partial charge in [-0.3, -0.25) is 9.59 Å². The fourth-order valence-electron chi connectivity index (χ4n) is 2.15. The van der Waals surface area contributed by atoms with Crippen LogP contribution < -0.4 is 20.1 Å². The molecule has 3 N–H and O–H groups in total. The zero-order valence-electron chi connectivity index (χ0n) is 16.3. The van der Waals surface area contributed by atoms with Gasteiger partial charge in [-0.05, 0) is 30.3 Å². The molecule has 2 aromatic heterocycles. The smallest absolute Gasteiger partial charge is 0.265 e. The average molecular weight is 431 g/mol. The normalized spacial score (nSPS) is 9.62. The van der Waals surface area contributed by atoms with Gasteiger partial charge < -0.3 is 20.1 Å². The lowest BCUT2D eigenvalue weighted by Gasteiger charge is -2.06. The molecular formula is C20H22N4O3S2. The van der Waals surface area contributed by atoms with Gasteiger partial charge in [0.25, 0.3) is 5.91 Å². The molecule has 3 aromatic rings. The Labute approximate surface area is 178 Å². The molecule has 0 bridgehead atoms. The maximum Gasteiger partial charge on any atom is 0.265 e. The van der Waals surface area contributed by atoms with Crippen LogP contribution in [0.3, 0.4) is 0 Å². The van der Waals surface area contributed by atoms with E-state index in [4.69, 9.17) is 4.74 Å². The van der Waals surface area contributed by atoms with Gasteiger partial charge in [0.05, 0.1) is 23.9 Å². The van der Waals surface area contributed by atoms with Gasteiger partial charge in [-0.15, -0.1) is 11.3 Å². The van der Waals surface area contributed by atoms with Crippen LogP contribution in [0.1, 0.15) is 20.0 Å². The van der Waals surface area contributed by atoms with Crippen LogP contribution in [0, 0.1) is 0 Å². The highest BCUT2D eigenvalue weighted by Gasteiger charge is 2.09. The predicted octanol–water partition coefficient (Wildman–Crippen LogP) is 4.63. The Balaban J connectivity index is 0.000000253. The maximum atomic E-state index is 12.0. The van der Waals surface area contributed by atoms with Crippen molar-refractivity contribution >= 4 is 52.5 Å². The van der Waals surface area contributed by atoms with Crippen molar-refractivity contribution in [3.05, 3.63) is 64.5 Å². The first-order chi connectivity index (χ1) is 14.1. The summed E-state index contributed by atoms with van der Waals surface area (Å²) in [7, 11) is 3.45. The Morgan fingerprint density at radius 1 is 1.17 bits per heavy atom. The molecule has 0 saturated heterocycles. The Morgan fingerprint density at radius 2 is 1.97 bits per heavy atom. The lowest BCUT2D eigenvalue weighted by atomic mass is 10.2. The van der Waals surface area contributed by atoms with E-state index >= 15 is 0 Å². The molecule has 1 amide bonds. The highest BCUT2D eigenvalue weighted by molar-refractivity contribution is 7.99. The number of thiophene rings is 1. The zero-order chi connectivity index (χ0) is 21.1. The molecule has 0 spiro atoms. The Morgan fingerprint density at radius 3 is 2.55 bits per heavy atom. The molecule has 0 radical (unpaired) electrons. The minimum absolute atomic E-state index is 0.209. The van der Waals surface area contributed by atoms with E-state index in [0.29, 0.717) is 22.0 Å². The summed E-state index contributed by atoms with van der Waals surface area (Å²) in [5, 5.41) is 7.42. The molecule has 0 unspecified atom stereocenters. The zero-order valence-corrected chi connectivity index (χ0v) is 17.9. The minimum atomic E-state index is -0.209. The second-order valence-electron chi connectivity index (χ2n) is 5.54. The van der Waals surface area contributed by atoms with Gasteiger partial charge in [-0.2, -0.15) is 0 Å². The van der Waals surface area contributed by atoms with Gasteiger partial charge in [-0.1, -0.05) is 18.0 Å². The van der Waals surface area contributed by atoms with E-state index in [2.05, 4.69) is 20.3 Å². The summed E-state index contributed by atoms with van der Waals surface area (Å²) in [5.41, 5.74) is 3.14. The number of hydrogen-bond donors (Lipinski definition) is 3. The summed E-state index contributed by atoms with van der Waals surface area (Å²) >= 11 is 2.74. The Hall–Kier alpha value is -3.04. The maximum absolute atomic E-state index is 12.0. The van der Waals surface area contributed by atoms with E-state index in [0.717, 1.165) is 17.7 Å². The van der Waals surface area contributed by atoms with Crippen molar-refractivity contribution < 1.29 is 14.3 Å².